The van der Waals surface area contributed by atoms with Crippen molar-refractivity contribution in [2.45, 2.75) is 26.3 Å². The van der Waals surface area contributed by atoms with Crippen LogP contribution < -0.4 is 21.5 Å². The quantitative estimate of drug-likeness (QED) is 0.411. The third-order valence-corrected chi connectivity index (χ3v) is 5.01. The van der Waals surface area contributed by atoms with Gasteiger partial charge in [-0.15, -0.1) is 0 Å². The van der Waals surface area contributed by atoms with Crippen LogP contribution in [-0.2, 0) is 0 Å². The molecular formula is C23H25N3O4. The second-order valence-electron chi connectivity index (χ2n) is 7.45. The molecule has 0 fully saturated rings. The number of aromatic hydroxyl groups is 1. The molecule has 3 aromatic carbocycles. The van der Waals surface area contributed by atoms with E-state index in [1.165, 1.54) is 11.0 Å². The molecule has 0 spiro atoms. The van der Waals surface area contributed by atoms with Crippen LogP contribution in [0.2, 0.25) is 0 Å². The monoisotopic (exact) mass is 407 g/mol. The molecule has 3 rings (SSSR count). The van der Waals surface area contributed by atoms with Crippen LogP contribution in [0.4, 0.5) is 17.1 Å². The van der Waals surface area contributed by atoms with E-state index in [1.54, 1.807) is 26.2 Å². The lowest BCUT2D eigenvalue weighted by atomic mass is 10.0. The normalized spacial score (nSPS) is 11.9. The Morgan fingerprint density at radius 3 is 2.37 bits per heavy atom. The largest absolute Gasteiger partial charge is 0.505 e. The van der Waals surface area contributed by atoms with Crippen LogP contribution in [0.3, 0.4) is 0 Å². The van der Waals surface area contributed by atoms with Gasteiger partial charge >= 0.3 is 0 Å². The van der Waals surface area contributed by atoms with Gasteiger partial charge in [-0.1, -0.05) is 42.8 Å². The summed E-state index contributed by atoms with van der Waals surface area (Å²) in [6, 6.07) is 12.4. The molecule has 0 aliphatic carbocycles. The number of carbonyl (C=O) groups is 1. The maximum Gasteiger partial charge on any atom is 0.257 e. The number of nitrogens with one attached hydrogen (secondary N) is 2. The van der Waals surface area contributed by atoms with Crippen molar-refractivity contribution < 1.29 is 9.90 Å². The van der Waals surface area contributed by atoms with Crippen molar-refractivity contribution in [3.8, 4) is 5.75 Å². The van der Waals surface area contributed by atoms with Gasteiger partial charge in [-0.05, 0) is 31.0 Å². The van der Waals surface area contributed by atoms with E-state index in [4.69, 9.17) is 0 Å². The highest BCUT2D eigenvalue weighted by atomic mass is 16.3. The number of amides is 1. The first-order chi connectivity index (χ1) is 14.2. The Bertz CT molecular complexity index is 1160. The zero-order valence-electron chi connectivity index (χ0n) is 17.4. The third kappa shape index (κ3) is 3.91. The lowest BCUT2D eigenvalue weighted by Crippen LogP contribution is -2.37. The molecule has 7 nitrogen and oxygen atoms in total. The summed E-state index contributed by atoms with van der Waals surface area (Å²) < 4.78 is 0. The van der Waals surface area contributed by atoms with Crippen LogP contribution in [-0.4, -0.2) is 30.0 Å². The van der Waals surface area contributed by atoms with E-state index in [-0.39, 0.29) is 40.3 Å². The fourth-order valence-electron chi connectivity index (χ4n) is 3.32. The van der Waals surface area contributed by atoms with Gasteiger partial charge in [0.2, 0.25) is 0 Å². The van der Waals surface area contributed by atoms with Gasteiger partial charge in [0.1, 0.15) is 11.4 Å². The first-order valence-corrected chi connectivity index (χ1v) is 9.71. The van der Waals surface area contributed by atoms with Gasteiger partial charge in [0.05, 0.1) is 17.3 Å². The minimum absolute atomic E-state index is 0.0795. The Hall–Kier alpha value is -3.61. The van der Waals surface area contributed by atoms with Crippen LogP contribution >= 0.6 is 0 Å². The smallest absolute Gasteiger partial charge is 0.257 e. The highest BCUT2D eigenvalue weighted by Crippen LogP contribution is 2.33. The predicted octanol–water partition coefficient (Wildman–Crippen LogP) is 3.31. The number of hydrogen-bond donors (Lipinski definition) is 3. The Morgan fingerprint density at radius 2 is 1.73 bits per heavy atom. The van der Waals surface area contributed by atoms with Gasteiger partial charge < -0.3 is 20.6 Å². The Labute approximate surface area is 174 Å². The van der Waals surface area contributed by atoms with Crippen molar-refractivity contribution in [1.29, 1.82) is 0 Å². The molecule has 0 aliphatic rings. The minimum Gasteiger partial charge on any atom is -0.505 e. The number of phenols is 1. The highest BCUT2D eigenvalue weighted by molar-refractivity contribution is 5.99. The molecule has 1 amide bonds. The molecule has 0 saturated carbocycles. The van der Waals surface area contributed by atoms with Gasteiger partial charge in [-0.3, -0.25) is 14.4 Å². The van der Waals surface area contributed by atoms with Crippen LogP contribution in [0.25, 0.3) is 0 Å². The van der Waals surface area contributed by atoms with Crippen molar-refractivity contribution in [2.75, 3.05) is 24.7 Å². The van der Waals surface area contributed by atoms with Gasteiger partial charge in [-0.25, -0.2) is 0 Å². The number of para-hydroxylation sites is 1. The van der Waals surface area contributed by atoms with Crippen LogP contribution in [0.15, 0.2) is 52.1 Å². The maximum atomic E-state index is 12.2. The summed E-state index contributed by atoms with van der Waals surface area (Å²) in [5.74, 6) is -0.647. The van der Waals surface area contributed by atoms with Crippen LogP contribution in [0, 0.1) is 6.92 Å². The maximum absolute atomic E-state index is 12.2. The number of aryl methyl sites for hydroxylation is 1. The molecule has 0 aliphatic heterocycles. The average Bonchev–Trinajstić information content (AvgIpc) is 2.73. The molecule has 1 atom stereocenters. The first kappa shape index (κ1) is 21.1. The topological polar surface area (TPSA) is 98.7 Å². The number of hydrogen-bond acceptors (Lipinski definition) is 6. The van der Waals surface area contributed by atoms with E-state index in [0.717, 1.165) is 11.1 Å². The number of phenolic OH excluding ortho intramolecular Hbond substituents is 1. The molecule has 0 heterocycles. The predicted molar refractivity (Wildman–Crippen MR) is 119 cm³/mol. The summed E-state index contributed by atoms with van der Waals surface area (Å²) in [6.45, 7) is 3.98. The molecule has 0 bridgehead atoms. The summed E-state index contributed by atoms with van der Waals surface area (Å²) in [5, 5.41) is 16.5. The molecule has 1 unspecified atom stereocenters. The highest BCUT2D eigenvalue weighted by Gasteiger charge is 2.25. The van der Waals surface area contributed by atoms with Crippen molar-refractivity contribution in [3.63, 3.8) is 0 Å². The number of benzene rings is 2. The van der Waals surface area contributed by atoms with Crippen molar-refractivity contribution in [3.05, 3.63) is 79.6 Å². The summed E-state index contributed by atoms with van der Waals surface area (Å²) in [4.78, 5) is 38.0. The molecule has 0 radical (unpaired) electrons. The van der Waals surface area contributed by atoms with Crippen LogP contribution in [0.5, 0.6) is 5.75 Å². The number of nitrogens with zero attached hydrogens (tertiary/aromatic N) is 1. The SMILES string of the molecule is CCC(Nc1c(Nc2cccc(C(=O)N(C)C)c2O)c(=O)c1=O)c1cccc(C)c1. The molecule has 3 aromatic rings. The molecule has 3 N–H and O–H groups in total. The molecule has 0 saturated heterocycles. The van der Waals surface area contributed by atoms with E-state index < -0.39 is 10.9 Å². The van der Waals surface area contributed by atoms with E-state index in [9.17, 15) is 19.5 Å². The Morgan fingerprint density at radius 1 is 1.07 bits per heavy atom. The second kappa shape index (κ2) is 8.41. The standard InChI is InChI=1S/C23H25N3O4/c1-5-16(14-9-6-8-13(2)12-14)24-18-19(22(29)21(18)28)25-17-11-7-10-15(20(17)27)23(30)26(3)4/h6-12,16,24-25,27H,5H2,1-4H3. The van der Waals surface area contributed by atoms with E-state index in [1.807, 2.05) is 38.1 Å². The summed E-state index contributed by atoms with van der Waals surface area (Å²) in [6.07, 6.45) is 0.708. The Kier molecular flexibility index (Phi) is 5.91. The lowest BCUT2D eigenvalue weighted by molar-refractivity contribution is 0.0824. The third-order valence-electron chi connectivity index (χ3n) is 5.01. The van der Waals surface area contributed by atoms with Crippen molar-refractivity contribution in [2.24, 2.45) is 0 Å². The molecule has 0 aromatic heterocycles. The van der Waals surface area contributed by atoms with Crippen molar-refractivity contribution >= 4 is 23.0 Å². The lowest BCUT2D eigenvalue weighted by Gasteiger charge is -2.23. The number of carbonyl (C=O) groups excluding carboxylic acids is 1. The van der Waals surface area contributed by atoms with Gasteiger partial charge in [0.15, 0.2) is 5.75 Å². The first-order valence-electron chi connectivity index (χ1n) is 9.71. The van der Waals surface area contributed by atoms with E-state index in [0.29, 0.717) is 6.42 Å². The molecule has 30 heavy (non-hydrogen) atoms. The van der Waals surface area contributed by atoms with Gasteiger partial charge in [0, 0.05) is 14.1 Å². The fraction of sp³-hybridized carbons (Fsp3) is 0.261. The summed E-state index contributed by atoms with van der Waals surface area (Å²) >= 11 is 0. The molecular weight excluding hydrogens is 382 g/mol. The van der Waals surface area contributed by atoms with E-state index in [2.05, 4.69) is 10.6 Å². The minimum atomic E-state index is -0.666. The van der Waals surface area contributed by atoms with Gasteiger partial charge in [0.25, 0.3) is 16.8 Å². The fourth-order valence-corrected chi connectivity index (χ4v) is 3.32. The number of anilines is 3. The van der Waals surface area contributed by atoms with Crippen LogP contribution in [0.1, 0.15) is 40.9 Å². The van der Waals surface area contributed by atoms with Gasteiger partial charge in [-0.2, -0.15) is 0 Å². The number of rotatable bonds is 7. The zero-order valence-corrected chi connectivity index (χ0v) is 17.4. The summed E-state index contributed by atoms with van der Waals surface area (Å²) in [5.41, 5.74) is 1.38. The second-order valence-corrected chi connectivity index (χ2v) is 7.45. The van der Waals surface area contributed by atoms with Crippen molar-refractivity contribution in [1.82, 2.24) is 4.90 Å². The average molecular weight is 407 g/mol. The molecule has 156 valence electrons. The van der Waals surface area contributed by atoms with E-state index >= 15 is 0 Å². The summed E-state index contributed by atoms with van der Waals surface area (Å²) in [7, 11) is 3.16. The zero-order chi connectivity index (χ0) is 22.0. The Balaban J connectivity index is 1.91. The molecule has 7 heteroatoms.